The van der Waals surface area contributed by atoms with Crippen LogP contribution in [0.15, 0.2) is 59.7 Å². The molecule has 0 radical (unpaired) electrons. The minimum atomic E-state index is -0.645. The van der Waals surface area contributed by atoms with Gasteiger partial charge in [-0.25, -0.2) is 18.2 Å². The van der Waals surface area contributed by atoms with E-state index >= 15 is 0 Å². The monoisotopic (exact) mass is 436 g/mol. The van der Waals surface area contributed by atoms with Gasteiger partial charge < -0.3 is 4.74 Å². The second kappa shape index (κ2) is 8.77. The van der Waals surface area contributed by atoms with Gasteiger partial charge in [-0.1, -0.05) is 18.2 Å². The van der Waals surface area contributed by atoms with Crippen molar-refractivity contribution in [1.29, 1.82) is 0 Å². The van der Waals surface area contributed by atoms with E-state index in [1.807, 2.05) is 18.2 Å². The van der Waals surface area contributed by atoms with Gasteiger partial charge in [0.05, 0.1) is 11.6 Å². The van der Waals surface area contributed by atoms with E-state index in [9.17, 15) is 13.2 Å². The molecule has 0 saturated heterocycles. The summed E-state index contributed by atoms with van der Waals surface area (Å²) in [5.74, 6) is -1.09. The molecular formula is C26H23F3N2O. The molecule has 32 heavy (non-hydrogen) atoms. The summed E-state index contributed by atoms with van der Waals surface area (Å²) in [4.78, 5) is 8.81. The molecule has 3 nitrogen and oxygen atoms in total. The van der Waals surface area contributed by atoms with Crippen LogP contribution >= 0.6 is 0 Å². The van der Waals surface area contributed by atoms with Gasteiger partial charge in [0, 0.05) is 29.1 Å². The Hall–Kier alpha value is -3.15. The summed E-state index contributed by atoms with van der Waals surface area (Å²) in [5, 5.41) is 0. The highest BCUT2D eigenvalue weighted by Crippen LogP contribution is 2.35. The van der Waals surface area contributed by atoms with Crippen molar-refractivity contribution in [2.24, 2.45) is 4.99 Å². The average Bonchev–Trinajstić information content (AvgIpc) is 3.47. The van der Waals surface area contributed by atoms with Crippen molar-refractivity contribution in [2.45, 2.75) is 50.7 Å². The van der Waals surface area contributed by atoms with Crippen molar-refractivity contribution >= 4 is 5.71 Å². The zero-order valence-electron chi connectivity index (χ0n) is 17.5. The summed E-state index contributed by atoms with van der Waals surface area (Å²) in [6, 6.07) is 12.0. The first-order valence-electron chi connectivity index (χ1n) is 11.0. The van der Waals surface area contributed by atoms with Gasteiger partial charge in [0.1, 0.15) is 23.6 Å². The molecule has 2 aliphatic rings. The molecule has 3 aromatic rings. The fourth-order valence-corrected chi connectivity index (χ4v) is 4.55. The van der Waals surface area contributed by atoms with Crippen LogP contribution < -0.4 is 4.74 Å². The third-order valence-electron chi connectivity index (χ3n) is 6.24. The lowest BCUT2D eigenvalue weighted by molar-refractivity contribution is 0.201. The Morgan fingerprint density at radius 2 is 1.56 bits per heavy atom. The first-order chi connectivity index (χ1) is 15.6. The highest BCUT2D eigenvalue weighted by Gasteiger charge is 2.26. The van der Waals surface area contributed by atoms with E-state index in [0.29, 0.717) is 35.6 Å². The molecule has 1 atom stereocenters. The van der Waals surface area contributed by atoms with Crippen molar-refractivity contribution in [3.8, 4) is 17.0 Å². The van der Waals surface area contributed by atoms with Crippen LogP contribution in [-0.4, -0.2) is 16.8 Å². The fraction of sp³-hybridized carbons (Fsp3) is 0.308. The summed E-state index contributed by atoms with van der Waals surface area (Å²) in [5.41, 5.74) is 2.15. The Labute approximate surface area is 185 Å². The van der Waals surface area contributed by atoms with Gasteiger partial charge in [0.15, 0.2) is 0 Å². The quantitative estimate of drug-likeness (QED) is 0.440. The molecule has 0 bridgehead atoms. The van der Waals surface area contributed by atoms with E-state index in [1.165, 1.54) is 37.1 Å². The van der Waals surface area contributed by atoms with Gasteiger partial charge in [-0.3, -0.25) is 4.99 Å². The summed E-state index contributed by atoms with van der Waals surface area (Å²) < 4.78 is 49.0. The Kier molecular flexibility index (Phi) is 5.68. The molecule has 1 saturated carbocycles. The maximum atomic E-state index is 15.0. The molecule has 5 rings (SSSR count). The van der Waals surface area contributed by atoms with E-state index in [1.54, 1.807) is 12.3 Å². The second-order valence-corrected chi connectivity index (χ2v) is 8.37. The van der Waals surface area contributed by atoms with Crippen LogP contribution in [-0.2, 0) is 0 Å². The molecule has 1 fully saturated rings. The van der Waals surface area contributed by atoms with Gasteiger partial charge in [-0.2, -0.15) is 0 Å². The maximum Gasteiger partial charge on any atom is 0.213 e. The third kappa shape index (κ3) is 4.14. The molecule has 6 heteroatoms. The van der Waals surface area contributed by atoms with Crippen LogP contribution in [0.5, 0.6) is 5.88 Å². The average molecular weight is 436 g/mol. The summed E-state index contributed by atoms with van der Waals surface area (Å²) in [6.45, 7) is 0. The molecule has 0 N–H and O–H groups in total. The van der Waals surface area contributed by atoms with Crippen LogP contribution in [0.3, 0.4) is 0 Å². The molecule has 164 valence electrons. The van der Waals surface area contributed by atoms with Crippen molar-refractivity contribution < 1.29 is 17.9 Å². The number of hydrogen-bond donors (Lipinski definition) is 0. The highest BCUT2D eigenvalue weighted by molar-refractivity contribution is 6.02. The lowest BCUT2D eigenvalue weighted by Gasteiger charge is -2.13. The van der Waals surface area contributed by atoms with Crippen molar-refractivity contribution in [3.63, 3.8) is 0 Å². The normalized spacial score (nSPS) is 18.7. The lowest BCUT2D eigenvalue weighted by Crippen LogP contribution is -2.11. The number of ether oxygens (including phenoxy) is 1. The zero-order chi connectivity index (χ0) is 22.1. The topological polar surface area (TPSA) is 34.5 Å². The number of benzene rings is 2. The van der Waals surface area contributed by atoms with Crippen molar-refractivity contribution in [3.05, 3.63) is 83.3 Å². The number of rotatable bonds is 5. The van der Waals surface area contributed by atoms with Gasteiger partial charge in [0.2, 0.25) is 5.88 Å². The van der Waals surface area contributed by atoms with E-state index in [2.05, 4.69) is 9.98 Å². The predicted octanol–water partition coefficient (Wildman–Crippen LogP) is 6.81. The van der Waals surface area contributed by atoms with Crippen molar-refractivity contribution in [1.82, 2.24) is 4.98 Å². The number of hydrogen-bond acceptors (Lipinski definition) is 3. The van der Waals surface area contributed by atoms with Crippen LogP contribution in [0.4, 0.5) is 13.2 Å². The molecular weight excluding hydrogens is 413 g/mol. The third-order valence-corrected chi connectivity index (χ3v) is 6.24. The Bertz CT molecular complexity index is 1130. The van der Waals surface area contributed by atoms with Gasteiger partial charge in [0.25, 0.3) is 0 Å². The molecule has 0 spiro atoms. The van der Waals surface area contributed by atoms with E-state index in [0.717, 1.165) is 18.4 Å². The maximum absolute atomic E-state index is 15.0. The first-order valence-corrected chi connectivity index (χ1v) is 11.0. The number of pyridine rings is 1. The molecule has 1 aliphatic heterocycles. The van der Waals surface area contributed by atoms with Crippen molar-refractivity contribution in [2.75, 3.05) is 0 Å². The Balaban J connectivity index is 1.34. The largest absolute Gasteiger partial charge is 0.474 e. The Morgan fingerprint density at radius 3 is 2.25 bits per heavy atom. The van der Waals surface area contributed by atoms with Gasteiger partial charge in [-0.15, -0.1) is 0 Å². The minimum absolute atomic E-state index is 0.113. The SMILES string of the molecule is Fc1cc(-c2ccc(OC3CCCC3)nc2)ccc1[C@H]1CCC(c2c(F)cccc2F)=N1. The van der Waals surface area contributed by atoms with Gasteiger partial charge >= 0.3 is 0 Å². The molecule has 1 aromatic heterocycles. The number of aliphatic imine (C=N–C) groups is 1. The minimum Gasteiger partial charge on any atom is -0.474 e. The van der Waals surface area contributed by atoms with Crippen LogP contribution in [0, 0.1) is 17.5 Å². The number of nitrogens with zero attached hydrogens (tertiary/aromatic N) is 2. The zero-order valence-corrected chi connectivity index (χ0v) is 17.5. The number of halogens is 3. The molecule has 0 unspecified atom stereocenters. The summed E-state index contributed by atoms with van der Waals surface area (Å²) in [7, 11) is 0. The van der Waals surface area contributed by atoms with Crippen LogP contribution in [0.2, 0.25) is 0 Å². The van der Waals surface area contributed by atoms with Crippen LogP contribution in [0.25, 0.3) is 11.1 Å². The van der Waals surface area contributed by atoms with E-state index < -0.39 is 23.5 Å². The lowest BCUT2D eigenvalue weighted by atomic mass is 9.99. The second-order valence-electron chi connectivity index (χ2n) is 8.37. The summed E-state index contributed by atoms with van der Waals surface area (Å²) in [6.07, 6.45) is 7.33. The molecule has 2 heterocycles. The van der Waals surface area contributed by atoms with Gasteiger partial charge in [-0.05, 0) is 68.4 Å². The van der Waals surface area contributed by atoms with Crippen LogP contribution in [0.1, 0.15) is 55.7 Å². The smallest absolute Gasteiger partial charge is 0.213 e. The van der Waals surface area contributed by atoms with E-state index in [-0.39, 0.29) is 11.7 Å². The molecule has 1 aliphatic carbocycles. The first kappa shape index (κ1) is 20.7. The summed E-state index contributed by atoms with van der Waals surface area (Å²) >= 11 is 0. The Morgan fingerprint density at radius 1 is 0.812 bits per heavy atom. The molecule has 0 amide bonds. The van der Waals surface area contributed by atoms with E-state index in [4.69, 9.17) is 4.74 Å². The predicted molar refractivity (Wildman–Crippen MR) is 117 cm³/mol. The standard InChI is InChI=1S/C26H23F3N2O/c27-20-6-3-7-21(28)26(20)24-12-11-23(31-24)19-10-8-16(14-22(19)29)17-9-13-25(30-15-17)32-18-4-1-2-5-18/h3,6-10,13-15,18,23H,1-2,4-5,11-12H2/t23-/m1/s1. The highest BCUT2D eigenvalue weighted by atomic mass is 19.1. The fourth-order valence-electron chi connectivity index (χ4n) is 4.55. The molecule has 2 aromatic carbocycles. The number of aromatic nitrogens is 1.